The lowest BCUT2D eigenvalue weighted by atomic mass is 10.3. The number of rotatable bonds is 4. The molecule has 0 fully saturated rings. The number of nitrogens with two attached hydrogens (primary N) is 1. The highest BCUT2D eigenvalue weighted by Crippen LogP contribution is 2.20. The first-order valence-electron chi connectivity index (χ1n) is 4.72. The van der Waals surface area contributed by atoms with E-state index in [-0.39, 0.29) is 0 Å². The van der Waals surface area contributed by atoms with Crippen LogP contribution in [-0.2, 0) is 14.8 Å². The summed E-state index contributed by atoms with van der Waals surface area (Å²) in [4.78, 5) is 10.1. The molecule has 4 N–H and O–H groups in total. The minimum Gasteiger partial charge on any atom is -0.396 e. The van der Waals surface area contributed by atoms with Crippen LogP contribution in [0.2, 0.25) is 0 Å². The van der Waals surface area contributed by atoms with Crippen molar-refractivity contribution in [2.24, 2.45) is 0 Å². The van der Waals surface area contributed by atoms with E-state index in [4.69, 9.17) is 5.73 Å². The highest BCUT2D eigenvalue weighted by molar-refractivity contribution is 7.89. The summed E-state index contributed by atoms with van der Waals surface area (Å²) in [5, 5.41) is 2.18. The quantitative estimate of drug-likeness (QED) is 0.651. The third kappa shape index (κ3) is 3.14. The molecule has 0 aliphatic heterocycles. The molecule has 0 radical (unpaired) electrons. The van der Waals surface area contributed by atoms with Crippen LogP contribution >= 0.6 is 0 Å². The number of carbonyl (C=O) groups excluding carboxylic acids is 1. The number of sulfonamides is 1. The third-order valence-corrected chi connectivity index (χ3v) is 3.46. The molecule has 1 aromatic rings. The maximum atomic E-state index is 13.3. The summed E-state index contributed by atoms with van der Waals surface area (Å²) in [5.41, 5.74) is 4.65. The Balaban J connectivity index is 3.06. The van der Waals surface area contributed by atoms with Crippen molar-refractivity contribution in [3.8, 4) is 0 Å². The molecular weight excluding hydrogens is 268 g/mol. The lowest BCUT2D eigenvalue weighted by Crippen LogP contribution is -2.35. The maximum absolute atomic E-state index is 13.3. The number of nitrogens with one attached hydrogen (secondary N) is 2. The van der Waals surface area contributed by atoms with Crippen molar-refractivity contribution in [1.29, 1.82) is 0 Å². The zero-order chi connectivity index (χ0) is 13.9. The monoisotopic (exact) mass is 279 g/mol. The average Bonchev–Trinajstić information content (AvgIpc) is 2.30. The zero-order valence-corrected chi connectivity index (χ0v) is 10.1. The Kier molecular flexibility index (Phi) is 4.19. The van der Waals surface area contributed by atoms with Gasteiger partial charge in [0.05, 0.1) is 12.2 Å². The fourth-order valence-electron chi connectivity index (χ4n) is 1.08. The number of nitrogen functional groups attached to an aromatic ring is 1. The molecule has 0 aromatic heterocycles. The predicted octanol–water partition coefficient (Wildman–Crippen LogP) is -0.429. The van der Waals surface area contributed by atoms with Gasteiger partial charge >= 0.3 is 0 Å². The van der Waals surface area contributed by atoms with Crippen LogP contribution in [0.15, 0.2) is 17.0 Å². The van der Waals surface area contributed by atoms with Gasteiger partial charge < -0.3 is 11.1 Å². The van der Waals surface area contributed by atoms with Gasteiger partial charge in [-0.25, -0.2) is 21.9 Å². The Labute approximate surface area is 102 Å². The molecule has 18 heavy (non-hydrogen) atoms. The molecule has 9 heteroatoms. The van der Waals surface area contributed by atoms with Gasteiger partial charge in [0.2, 0.25) is 15.9 Å². The number of amides is 1. The van der Waals surface area contributed by atoms with Gasteiger partial charge in [-0.3, -0.25) is 4.79 Å². The van der Waals surface area contributed by atoms with Crippen LogP contribution in [0.25, 0.3) is 0 Å². The smallest absolute Gasteiger partial charge is 0.244 e. The second-order valence-electron chi connectivity index (χ2n) is 3.30. The second-order valence-corrected chi connectivity index (χ2v) is 5.04. The molecule has 1 rings (SSSR count). The first-order chi connectivity index (χ1) is 8.27. The Morgan fingerprint density at radius 1 is 1.33 bits per heavy atom. The van der Waals surface area contributed by atoms with E-state index in [0.717, 1.165) is 0 Å². The molecule has 0 bridgehead atoms. The van der Waals surface area contributed by atoms with Gasteiger partial charge in [-0.05, 0) is 6.07 Å². The van der Waals surface area contributed by atoms with E-state index in [9.17, 15) is 22.0 Å². The van der Waals surface area contributed by atoms with Crippen LogP contribution in [0.5, 0.6) is 0 Å². The Morgan fingerprint density at radius 3 is 2.50 bits per heavy atom. The van der Waals surface area contributed by atoms with Crippen molar-refractivity contribution in [3.63, 3.8) is 0 Å². The Bertz CT molecular complexity index is 575. The first-order valence-corrected chi connectivity index (χ1v) is 6.21. The van der Waals surface area contributed by atoms with Crippen molar-refractivity contribution < 1.29 is 22.0 Å². The molecule has 1 aromatic carbocycles. The van der Waals surface area contributed by atoms with Crippen molar-refractivity contribution in [3.05, 3.63) is 23.8 Å². The largest absolute Gasteiger partial charge is 0.396 e. The summed E-state index contributed by atoms with van der Waals surface area (Å²) in [5.74, 6) is -2.95. The zero-order valence-electron chi connectivity index (χ0n) is 9.33. The van der Waals surface area contributed by atoms with Crippen LogP contribution in [0, 0.1) is 11.6 Å². The highest BCUT2D eigenvalue weighted by atomic mass is 32.2. The van der Waals surface area contributed by atoms with E-state index >= 15 is 0 Å². The van der Waals surface area contributed by atoms with E-state index in [2.05, 4.69) is 5.32 Å². The van der Waals surface area contributed by atoms with E-state index < -0.39 is 44.7 Å². The second kappa shape index (κ2) is 5.27. The molecule has 0 aliphatic carbocycles. The Morgan fingerprint density at radius 2 is 1.94 bits per heavy atom. The fourth-order valence-corrected chi connectivity index (χ4v) is 2.15. The minimum absolute atomic E-state index is 0.365. The van der Waals surface area contributed by atoms with E-state index in [1.54, 1.807) is 0 Å². The van der Waals surface area contributed by atoms with E-state index in [0.29, 0.717) is 12.1 Å². The summed E-state index contributed by atoms with van der Waals surface area (Å²) < 4.78 is 51.3. The van der Waals surface area contributed by atoms with Crippen LogP contribution in [0.1, 0.15) is 0 Å². The van der Waals surface area contributed by atoms with Gasteiger partial charge in [0.15, 0.2) is 0 Å². The summed E-state index contributed by atoms with van der Waals surface area (Å²) >= 11 is 0. The lowest BCUT2D eigenvalue weighted by Gasteiger charge is -2.08. The summed E-state index contributed by atoms with van der Waals surface area (Å²) in [6, 6.07) is 1.01. The first kappa shape index (κ1) is 14.3. The van der Waals surface area contributed by atoms with Crippen molar-refractivity contribution in [1.82, 2.24) is 10.0 Å². The lowest BCUT2D eigenvalue weighted by molar-refractivity contribution is -0.119. The third-order valence-electron chi connectivity index (χ3n) is 2.04. The number of carbonyl (C=O) groups is 1. The molecule has 100 valence electrons. The standard InChI is InChI=1S/C9H11F2N3O3S/c1-13-9(15)4-14-18(16,17)8-3-7(12)5(10)2-6(8)11/h2-3,14H,4,12H2,1H3,(H,13,15). The fraction of sp³-hybridized carbons (Fsp3) is 0.222. The molecule has 0 unspecified atom stereocenters. The van der Waals surface area contributed by atoms with E-state index in [1.807, 2.05) is 4.72 Å². The summed E-state index contributed by atoms with van der Waals surface area (Å²) in [6.07, 6.45) is 0. The molecule has 6 nitrogen and oxygen atoms in total. The molecule has 0 saturated carbocycles. The van der Waals surface area contributed by atoms with Crippen molar-refractivity contribution in [2.75, 3.05) is 19.3 Å². The van der Waals surface area contributed by atoms with Crippen LogP contribution in [0.4, 0.5) is 14.5 Å². The molecule has 0 aliphatic rings. The topological polar surface area (TPSA) is 101 Å². The molecule has 0 spiro atoms. The SMILES string of the molecule is CNC(=O)CNS(=O)(=O)c1cc(N)c(F)cc1F. The van der Waals surface area contributed by atoms with Gasteiger partial charge in [-0.1, -0.05) is 0 Å². The number of halogens is 2. The average molecular weight is 279 g/mol. The van der Waals surface area contributed by atoms with Crippen molar-refractivity contribution in [2.45, 2.75) is 4.90 Å². The Hall–Kier alpha value is -1.74. The number of anilines is 1. The number of hydrogen-bond donors (Lipinski definition) is 3. The molecule has 0 saturated heterocycles. The number of hydrogen-bond acceptors (Lipinski definition) is 4. The summed E-state index contributed by atoms with van der Waals surface area (Å²) in [6.45, 7) is -0.560. The van der Waals surface area contributed by atoms with Gasteiger partial charge in [0.25, 0.3) is 0 Å². The number of likely N-dealkylation sites (N-methyl/N-ethyl adjacent to an activating group) is 1. The van der Waals surface area contributed by atoms with Gasteiger partial charge in [-0.15, -0.1) is 0 Å². The van der Waals surface area contributed by atoms with Gasteiger partial charge in [0, 0.05) is 13.1 Å². The molecular formula is C9H11F2N3O3S. The van der Waals surface area contributed by atoms with Gasteiger partial charge in [0.1, 0.15) is 16.5 Å². The molecule has 0 atom stereocenters. The molecule has 1 amide bonds. The number of benzene rings is 1. The van der Waals surface area contributed by atoms with Gasteiger partial charge in [-0.2, -0.15) is 0 Å². The van der Waals surface area contributed by atoms with Crippen LogP contribution in [0.3, 0.4) is 0 Å². The van der Waals surface area contributed by atoms with Crippen molar-refractivity contribution >= 4 is 21.6 Å². The van der Waals surface area contributed by atoms with Crippen LogP contribution in [-0.4, -0.2) is 27.9 Å². The summed E-state index contributed by atoms with van der Waals surface area (Å²) in [7, 11) is -2.96. The predicted molar refractivity (Wildman–Crippen MR) is 60.0 cm³/mol. The minimum atomic E-state index is -4.27. The maximum Gasteiger partial charge on any atom is 0.244 e. The molecule has 0 heterocycles. The van der Waals surface area contributed by atoms with Crippen LogP contribution < -0.4 is 15.8 Å². The normalized spacial score (nSPS) is 11.3. The van der Waals surface area contributed by atoms with E-state index in [1.165, 1.54) is 7.05 Å². The highest BCUT2D eigenvalue weighted by Gasteiger charge is 2.21.